The van der Waals surface area contributed by atoms with E-state index in [1.54, 1.807) is 18.4 Å². The molecule has 2 unspecified atom stereocenters. The molecule has 0 saturated carbocycles. The highest BCUT2D eigenvalue weighted by atomic mass is 32.1. The largest absolute Gasteiger partial charge is 0.497 e. The van der Waals surface area contributed by atoms with Crippen LogP contribution in [-0.2, 0) is 16.0 Å². The molecule has 2 amide bonds. The van der Waals surface area contributed by atoms with Gasteiger partial charge in [0, 0.05) is 37.1 Å². The fourth-order valence-electron chi connectivity index (χ4n) is 5.29. The molecule has 5 rings (SSSR count). The van der Waals surface area contributed by atoms with Gasteiger partial charge in [-0.05, 0) is 60.2 Å². The number of piperazine rings is 1. The van der Waals surface area contributed by atoms with Crippen molar-refractivity contribution >= 4 is 23.2 Å². The monoisotopic (exact) mass is 519 g/mol. The lowest BCUT2D eigenvalue weighted by molar-refractivity contribution is -0.144. The lowest BCUT2D eigenvalue weighted by Gasteiger charge is -2.41. The van der Waals surface area contributed by atoms with Crippen LogP contribution in [0.1, 0.15) is 29.0 Å². The summed E-state index contributed by atoms with van der Waals surface area (Å²) >= 11 is 1.79. The predicted molar refractivity (Wildman–Crippen MR) is 144 cm³/mol. The van der Waals surface area contributed by atoms with Crippen molar-refractivity contribution in [1.29, 1.82) is 0 Å². The summed E-state index contributed by atoms with van der Waals surface area (Å²) in [7, 11) is 1.67. The number of thiophene rings is 1. The van der Waals surface area contributed by atoms with E-state index in [0.717, 1.165) is 24.3 Å². The van der Waals surface area contributed by atoms with Crippen molar-refractivity contribution in [3.8, 4) is 11.5 Å². The molecule has 1 saturated heterocycles. The van der Waals surface area contributed by atoms with Crippen LogP contribution in [0.25, 0.3) is 0 Å². The predicted octanol–water partition coefficient (Wildman–Crippen LogP) is 3.84. The smallest absolute Gasteiger partial charge is 0.260 e. The maximum Gasteiger partial charge on any atom is 0.260 e. The zero-order valence-corrected chi connectivity index (χ0v) is 22.2. The van der Waals surface area contributed by atoms with E-state index in [9.17, 15) is 9.59 Å². The minimum absolute atomic E-state index is 0.00257. The first-order valence-corrected chi connectivity index (χ1v) is 13.6. The summed E-state index contributed by atoms with van der Waals surface area (Å²) in [6.07, 6.45) is 0.951. The normalized spacial score (nSPS) is 19.8. The minimum Gasteiger partial charge on any atom is -0.497 e. The summed E-state index contributed by atoms with van der Waals surface area (Å²) in [6, 6.07) is 19.7. The van der Waals surface area contributed by atoms with Crippen LogP contribution in [0.5, 0.6) is 11.5 Å². The summed E-state index contributed by atoms with van der Waals surface area (Å²) in [5.41, 5.74) is 2.45. The number of carbonyl (C=O) groups is 2. The van der Waals surface area contributed by atoms with Gasteiger partial charge in [-0.3, -0.25) is 14.5 Å². The van der Waals surface area contributed by atoms with Gasteiger partial charge in [-0.15, -0.1) is 11.3 Å². The van der Waals surface area contributed by atoms with Crippen molar-refractivity contribution in [2.45, 2.75) is 25.4 Å². The molecule has 0 aliphatic carbocycles. The molecule has 37 heavy (non-hydrogen) atoms. The van der Waals surface area contributed by atoms with E-state index >= 15 is 0 Å². The Morgan fingerprint density at radius 3 is 2.46 bits per heavy atom. The summed E-state index contributed by atoms with van der Waals surface area (Å²) in [5.74, 6) is 1.56. The topological polar surface area (TPSA) is 62.3 Å². The molecule has 2 aliphatic heterocycles. The lowest BCUT2D eigenvalue weighted by Crippen LogP contribution is -2.57. The first-order chi connectivity index (χ1) is 18.0. The molecule has 0 spiro atoms. The molecular formula is C29H33N3O4S. The zero-order valence-electron chi connectivity index (χ0n) is 21.3. The highest BCUT2D eigenvalue weighted by molar-refractivity contribution is 7.10. The van der Waals surface area contributed by atoms with Gasteiger partial charge in [-0.1, -0.05) is 30.3 Å². The van der Waals surface area contributed by atoms with Crippen LogP contribution in [0.4, 0.5) is 0 Å². The van der Waals surface area contributed by atoms with E-state index in [4.69, 9.17) is 9.47 Å². The highest BCUT2D eigenvalue weighted by Crippen LogP contribution is 2.38. The molecule has 0 radical (unpaired) electrons. The average Bonchev–Trinajstić information content (AvgIpc) is 3.41. The number of fused-ring (bicyclic) bond motifs is 1. The average molecular weight is 520 g/mol. The van der Waals surface area contributed by atoms with Crippen molar-refractivity contribution in [3.05, 3.63) is 82.0 Å². The van der Waals surface area contributed by atoms with Crippen LogP contribution < -0.4 is 9.47 Å². The zero-order chi connectivity index (χ0) is 25.8. The van der Waals surface area contributed by atoms with Crippen molar-refractivity contribution in [1.82, 2.24) is 14.7 Å². The molecule has 1 fully saturated rings. The van der Waals surface area contributed by atoms with Crippen LogP contribution in [0.15, 0.2) is 66.0 Å². The van der Waals surface area contributed by atoms with Crippen molar-refractivity contribution < 1.29 is 19.1 Å². The lowest BCUT2D eigenvalue weighted by atomic mass is 9.93. The minimum atomic E-state index is -0.0632. The number of benzene rings is 2. The van der Waals surface area contributed by atoms with Crippen LogP contribution >= 0.6 is 11.3 Å². The molecule has 8 heteroatoms. The van der Waals surface area contributed by atoms with E-state index < -0.39 is 0 Å². The van der Waals surface area contributed by atoms with Gasteiger partial charge in [0.2, 0.25) is 5.91 Å². The fraction of sp³-hybridized carbons (Fsp3) is 0.379. The third kappa shape index (κ3) is 5.65. The first-order valence-electron chi connectivity index (χ1n) is 12.7. The van der Waals surface area contributed by atoms with Crippen LogP contribution in [0.2, 0.25) is 0 Å². The number of nitrogens with zero attached hydrogens (tertiary/aromatic N) is 3. The molecule has 0 N–H and O–H groups in total. The summed E-state index contributed by atoms with van der Waals surface area (Å²) in [4.78, 5) is 33.7. The van der Waals surface area contributed by atoms with Gasteiger partial charge in [-0.25, -0.2) is 0 Å². The Morgan fingerprint density at radius 2 is 1.73 bits per heavy atom. The Kier molecular flexibility index (Phi) is 7.76. The molecular weight excluding hydrogens is 486 g/mol. The number of carbonyl (C=O) groups excluding carboxylic acids is 2. The van der Waals surface area contributed by atoms with Gasteiger partial charge in [0.25, 0.3) is 5.91 Å². The second kappa shape index (κ2) is 11.4. The standard InChI is InChI=1S/C29H33N3O4S/c1-21-18-30(15-16-32(21)28(34)20-36-24-6-4-3-5-7-24)27(33)19-31-14-12-26-25(13-17-37-26)29(31)22-8-10-23(35-2)11-9-22/h3-11,13,17,21,29H,12,14-16,18-20H2,1-2H3. The molecule has 2 atom stereocenters. The number of hydrogen-bond donors (Lipinski definition) is 0. The van der Waals surface area contributed by atoms with Crippen LogP contribution in [0, 0.1) is 0 Å². The maximum atomic E-state index is 13.5. The number of rotatable bonds is 7. The van der Waals surface area contributed by atoms with Gasteiger partial charge in [0.05, 0.1) is 19.7 Å². The van der Waals surface area contributed by atoms with Crippen LogP contribution in [0.3, 0.4) is 0 Å². The number of ether oxygens (including phenoxy) is 2. The van der Waals surface area contributed by atoms with Crippen LogP contribution in [-0.4, -0.2) is 79.0 Å². The van der Waals surface area contributed by atoms with E-state index in [2.05, 4.69) is 28.5 Å². The number of para-hydroxylation sites is 1. The van der Waals surface area contributed by atoms with Crippen molar-refractivity contribution in [3.63, 3.8) is 0 Å². The number of hydrogen-bond acceptors (Lipinski definition) is 6. The SMILES string of the molecule is COc1ccc(C2c3ccsc3CCN2CC(=O)N2CCN(C(=O)COc3ccccc3)C(C)C2)cc1. The third-order valence-electron chi connectivity index (χ3n) is 7.24. The van der Waals surface area contributed by atoms with Gasteiger partial charge >= 0.3 is 0 Å². The molecule has 194 valence electrons. The molecule has 2 aromatic carbocycles. The van der Waals surface area contributed by atoms with E-state index in [1.807, 2.05) is 59.2 Å². The summed E-state index contributed by atoms with van der Waals surface area (Å²) in [5, 5.41) is 2.14. The molecule has 3 heterocycles. The Bertz CT molecular complexity index is 1210. The quantitative estimate of drug-likeness (QED) is 0.475. The van der Waals surface area contributed by atoms with E-state index in [0.29, 0.717) is 31.9 Å². The van der Waals surface area contributed by atoms with E-state index in [1.165, 1.54) is 10.4 Å². The second-order valence-corrected chi connectivity index (χ2v) is 10.6. The Morgan fingerprint density at radius 1 is 0.946 bits per heavy atom. The first kappa shape index (κ1) is 25.3. The Balaban J connectivity index is 1.21. The number of amides is 2. The fourth-order valence-corrected chi connectivity index (χ4v) is 6.19. The van der Waals surface area contributed by atoms with E-state index in [-0.39, 0.29) is 30.5 Å². The molecule has 3 aromatic rings. The molecule has 2 aliphatic rings. The number of methoxy groups -OCH3 is 1. The highest BCUT2D eigenvalue weighted by Gasteiger charge is 2.34. The summed E-state index contributed by atoms with van der Waals surface area (Å²) < 4.78 is 11.0. The maximum absolute atomic E-state index is 13.5. The molecule has 0 bridgehead atoms. The molecule has 7 nitrogen and oxygen atoms in total. The van der Waals surface area contributed by atoms with Gasteiger partial charge in [0.15, 0.2) is 6.61 Å². The Hall–Kier alpha value is -3.36. The van der Waals surface area contributed by atoms with Crippen molar-refractivity contribution in [2.75, 3.05) is 46.4 Å². The van der Waals surface area contributed by atoms with Gasteiger partial charge in [-0.2, -0.15) is 0 Å². The van der Waals surface area contributed by atoms with Crippen molar-refractivity contribution in [2.24, 2.45) is 0 Å². The summed E-state index contributed by atoms with van der Waals surface area (Å²) in [6.45, 7) is 4.76. The van der Waals surface area contributed by atoms with Gasteiger partial charge < -0.3 is 19.3 Å². The second-order valence-electron chi connectivity index (χ2n) is 9.57. The molecule has 1 aromatic heterocycles. The van der Waals surface area contributed by atoms with Gasteiger partial charge in [0.1, 0.15) is 11.5 Å². The Labute approximate surface area is 222 Å². The third-order valence-corrected chi connectivity index (χ3v) is 8.24.